The minimum absolute atomic E-state index is 0.0329. The van der Waals surface area contributed by atoms with Crippen molar-refractivity contribution in [3.8, 4) is 5.75 Å². The summed E-state index contributed by atoms with van der Waals surface area (Å²) >= 11 is 0. The van der Waals surface area contributed by atoms with Crippen molar-refractivity contribution in [2.45, 2.75) is 25.3 Å². The number of benzene rings is 1. The summed E-state index contributed by atoms with van der Waals surface area (Å²) < 4.78 is 20.1. The van der Waals surface area contributed by atoms with Crippen LogP contribution in [0.1, 0.15) is 40.0 Å². The lowest BCUT2D eigenvalue weighted by Gasteiger charge is -2.24. The molecule has 0 saturated carbocycles. The van der Waals surface area contributed by atoms with Crippen molar-refractivity contribution in [3.05, 3.63) is 47.5 Å². The van der Waals surface area contributed by atoms with Crippen LogP contribution in [0.3, 0.4) is 0 Å². The number of aromatic nitrogens is 2. The van der Waals surface area contributed by atoms with Gasteiger partial charge in [-0.05, 0) is 31.0 Å². The number of nitrogens with zero attached hydrogens (tertiary/aromatic N) is 3. The highest BCUT2D eigenvalue weighted by Gasteiger charge is 2.31. The molecule has 1 fully saturated rings. The molecule has 25 heavy (non-hydrogen) atoms. The van der Waals surface area contributed by atoms with E-state index in [4.69, 9.17) is 4.74 Å². The zero-order chi connectivity index (χ0) is 18.0. The number of methoxy groups -OCH3 is 1. The Morgan fingerprint density at radius 2 is 2.16 bits per heavy atom. The van der Waals surface area contributed by atoms with Crippen LogP contribution in [0.4, 0.5) is 4.39 Å². The maximum Gasteiger partial charge on any atom is 0.254 e. The minimum atomic E-state index is -0.510. The van der Waals surface area contributed by atoms with Gasteiger partial charge >= 0.3 is 0 Å². The first-order chi connectivity index (χ1) is 12.0. The molecule has 1 aromatic heterocycles. The molecule has 1 atom stereocenters. The number of hydrogen-bond donors (Lipinski definition) is 0. The van der Waals surface area contributed by atoms with Gasteiger partial charge in [0.2, 0.25) is 0 Å². The van der Waals surface area contributed by atoms with Gasteiger partial charge in [0, 0.05) is 37.8 Å². The molecule has 2 heterocycles. The Morgan fingerprint density at radius 3 is 2.84 bits per heavy atom. The Bertz CT molecular complexity index is 803. The van der Waals surface area contributed by atoms with Crippen molar-refractivity contribution in [2.24, 2.45) is 7.05 Å². The third-order valence-corrected chi connectivity index (χ3v) is 4.48. The Balaban J connectivity index is 1.74. The molecule has 0 unspecified atom stereocenters. The fourth-order valence-corrected chi connectivity index (χ4v) is 3.17. The number of Topliss-reactive ketones (excluding diaryl/α,β-unsaturated/α-hetero) is 1. The summed E-state index contributed by atoms with van der Waals surface area (Å²) in [4.78, 5) is 26.9. The van der Waals surface area contributed by atoms with E-state index < -0.39 is 5.82 Å². The number of amides is 1. The molecule has 132 valence electrons. The Hall–Kier alpha value is -2.70. The third kappa shape index (κ3) is 3.55. The number of rotatable bonds is 5. The van der Waals surface area contributed by atoms with Crippen LogP contribution in [-0.2, 0) is 7.05 Å². The number of halogens is 1. The van der Waals surface area contributed by atoms with Crippen LogP contribution < -0.4 is 4.74 Å². The van der Waals surface area contributed by atoms with E-state index in [1.165, 1.54) is 31.5 Å². The minimum Gasteiger partial charge on any atom is -0.494 e. The van der Waals surface area contributed by atoms with Crippen molar-refractivity contribution < 1.29 is 18.7 Å². The monoisotopic (exact) mass is 345 g/mol. The molecule has 1 aromatic carbocycles. The van der Waals surface area contributed by atoms with Gasteiger partial charge in [-0.25, -0.2) is 4.39 Å². The van der Waals surface area contributed by atoms with Crippen LogP contribution in [0, 0.1) is 5.82 Å². The largest absolute Gasteiger partial charge is 0.494 e. The van der Waals surface area contributed by atoms with Gasteiger partial charge in [-0.3, -0.25) is 14.3 Å². The number of ketones is 1. The highest BCUT2D eigenvalue weighted by molar-refractivity contribution is 5.98. The molecule has 1 saturated heterocycles. The maximum atomic E-state index is 13.5. The second-order valence-corrected chi connectivity index (χ2v) is 6.17. The molecule has 2 aromatic rings. The van der Waals surface area contributed by atoms with Crippen LogP contribution in [0.15, 0.2) is 30.6 Å². The van der Waals surface area contributed by atoms with Gasteiger partial charge in [-0.1, -0.05) is 0 Å². The number of hydrogen-bond acceptors (Lipinski definition) is 4. The number of ether oxygens (including phenoxy) is 1. The van der Waals surface area contributed by atoms with Crippen molar-refractivity contribution in [2.75, 3.05) is 13.7 Å². The summed E-state index contributed by atoms with van der Waals surface area (Å²) in [6.45, 7) is 0.587. The second kappa shape index (κ2) is 7.04. The average molecular weight is 345 g/mol. The van der Waals surface area contributed by atoms with Crippen molar-refractivity contribution in [1.82, 2.24) is 14.7 Å². The van der Waals surface area contributed by atoms with Gasteiger partial charge in [-0.2, -0.15) is 5.10 Å². The first-order valence-electron chi connectivity index (χ1n) is 8.16. The lowest BCUT2D eigenvalue weighted by atomic mass is 10.0. The van der Waals surface area contributed by atoms with E-state index in [1.807, 2.05) is 0 Å². The van der Waals surface area contributed by atoms with Gasteiger partial charge in [0.15, 0.2) is 17.3 Å². The predicted octanol–water partition coefficient (Wildman–Crippen LogP) is 2.45. The summed E-state index contributed by atoms with van der Waals surface area (Å²) in [6.07, 6.45) is 5.09. The van der Waals surface area contributed by atoms with E-state index >= 15 is 0 Å². The molecular weight excluding hydrogens is 325 g/mol. The number of aryl methyl sites for hydroxylation is 1. The van der Waals surface area contributed by atoms with Crippen LogP contribution in [-0.4, -0.2) is 46.1 Å². The fraction of sp³-hybridized carbons (Fsp3) is 0.389. The van der Waals surface area contributed by atoms with Crippen molar-refractivity contribution in [3.63, 3.8) is 0 Å². The van der Waals surface area contributed by atoms with E-state index in [1.54, 1.807) is 22.8 Å². The molecule has 0 bridgehead atoms. The second-order valence-electron chi connectivity index (χ2n) is 6.17. The Kier molecular flexibility index (Phi) is 4.83. The molecule has 3 rings (SSSR count). The van der Waals surface area contributed by atoms with Crippen molar-refractivity contribution in [1.29, 1.82) is 0 Å². The molecule has 1 aliphatic rings. The zero-order valence-corrected chi connectivity index (χ0v) is 14.2. The highest BCUT2D eigenvalue weighted by Crippen LogP contribution is 2.26. The average Bonchev–Trinajstić information content (AvgIpc) is 3.23. The zero-order valence-electron chi connectivity index (χ0n) is 14.2. The van der Waals surface area contributed by atoms with E-state index in [-0.39, 0.29) is 29.9 Å². The fourth-order valence-electron chi connectivity index (χ4n) is 3.17. The van der Waals surface area contributed by atoms with Gasteiger partial charge in [-0.15, -0.1) is 0 Å². The van der Waals surface area contributed by atoms with Gasteiger partial charge < -0.3 is 9.64 Å². The molecule has 1 aliphatic heterocycles. The SMILES string of the molecule is COc1cc(C(=O)N2CCC[C@@H]2CC(=O)c2cnn(C)c2)ccc1F. The molecular formula is C18H20FN3O3. The summed E-state index contributed by atoms with van der Waals surface area (Å²) in [6, 6.07) is 3.91. The van der Waals surface area contributed by atoms with E-state index in [2.05, 4.69) is 5.10 Å². The summed E-state index contributed by atoms with van der Waals surface area (Å²) in [5.41, 5.74) is 0.907. The summed E-state index contributed by atoms with van der Waals surface area (Å²) in [7, 11) is 3.11. The number of carbonyl (C=O) groups is 2. The predicted molar refractivity (Wildman–Crippen MR) is 89.2 cm³/mol. The van der Waals surface area contributed by atoms with Crippen LogP contribution >= 0.6 is 0 Å². The first-order valence-corrected chi connectivity index (χ1v) is 8.16. The standard InChI is InChI=1S/C18H20FN3O3/c1-21-11-13(10-20-21)16(23)9-14-4-3-7-22(14)18(24)12-5-6-15(19)17(8-12)25-2/h5-6,8,10-11,14H,3-4,7,9H2,1-2H3/t14-/m1/s1. The first kappa shape index (κ1) is 17.1. The summed E-state index contributed by atoms with van der Waals surface area (Å²) in [5.74, 6) is -0.717. The molecule has 7 heteroatoms. The van der Waals surface area contributed by atoms with E-state index in [9.17, 15) is 14.0 Å². The number of likely N-dealkylation sites (tertiary alicyclic amines) is 1. The van der Waals surface area contributed by atoms with Crippen LogP contribution in [0.25, 0.3) is 0 Å². The van der Waals surface area contributed by atoms with E-state index in [0.29, 0.717) is 17.7 Å². The molecule has 0 spiro atoms. The lowest BCUT2D eigenvalue weighted by Crippen LogP contribution is -2.36. The number of carbonyl (C=O) groups excluding carboxylic acids is 2. The smallest absolute Gasteiger partial charge is 0.254 e. The Labute approximate surface area is 145 Å². The molecule has 0 radical (unpaired) electrons. The topological polar surface area (TPSA) is 64.4 Å². The third-order valence-electron chi connectivity index (χ3n) is 4.48. The van der Waals surface area contributed by atoms with Gasteiger partial charge in [0.25, 0.3) is 5.91 Å². The molecule has 6 nitrogen and oxygen atoms in total. The lowest BCUT2D eigenvalue weighted by molar-refractivity contribution is 0.0716. The Morgan fingerprint density at radius 1 is 1.36 bits per heavy atom. The summed E-state index contributed by atoms with van der Waals surface area (Å²) in [5, 5.41) is 4.01. The van der Waals surface area contributed by atoms with E-state index in [0.717, 1.165) is 12.8 Å². The molecule has 0 aliphatic carbocycles. The van der Waals surface area contributed by atoms with Crippen LogP contribution in [0.5, 0.6) is 5.75 Å². The maximum absolute atomic E-state index is 13.5. The van der Waals surface area contributed by atoms with Crippen LogP contribution in [0.2, 0.25) is 0 Å². The van der Waals surface area contributed by atoms with Gasteiger partial charge in [0.05, 0.1) is 18.9 Å². The molecule has 0 N–H and O–H groups in total. The van der Waals surface area contributed by atoms with Gasteiger partial charge in [0.1, 0.15) is 0 Å². The quantitative estimate of drug-likeness (QED) is 0.781. The normalized spacial score (nSPS) is 16.9. The highest BCUT2D eigenvalue weighted by atomic mass is 19.1. The van der Waals surface area contributed by atoms with Crippen molar-refractivity contribution >= 4 is 11.7 Å². The molecule has 1 amide bonds.